The lowest BCUT2D eigenvalue weighted by Crippen LogP contribution is -1.79. The Morgan fingerprint density at radius 2 is 2.30 bits per heavy atom. The smallest absolute Gasteiger partial charge is 0.336 e. The molecule has 2 aromatic heterocycles. The molecule has 2 heterocycles. The maximum atomic E-state index is 8.88. The highest BCUT2D eigenvalue weighted by atomic mass is 16.4. The van der Waals surface area contributed by atoms with Crippen LogP contribution in [0.5, 0.6) is 11.9 Å². The SMILES string of the molecule is Oc1nc2occ(O)n2n1. The molecule has 0 aliphatic carbocycles. The Balaban J connectivity index is 2.90. The van der Waals surface area contributed by atoms with Gasteiger partial charge in [0.1, 0.15) is 0 Å². The van der Waals surface area contributed by atoms with E-state index in [-0.39, 0.29) is 11.7 Å². The molecule has 52 valence electrons. The van der Waals surface area contributed by atoms with Gasteiger partial charge in [0.2, 0.25) is 0 Å². The molecule has 2 rings (SSSR count). The summed E-state index contributed by atoms with van der Waals surface area (Å²) >= 11 is 0. The van der Waals surface area contributed by atoms with Gasteiger partial charge in [-0.25, -0.2) is 0 Å². The Bertz CT molecular complexity index is 363. The highest BCUT2D eigenvalue weighted by Crippen LogP contribution is 2.14. The van der Waals surface area contributed by atoms with Gasteiger partial charge in [0.15, 0.2) is 6.26 Å². The molecule has 0 unspecified atom stereocenters. The Hall–Kier alpha value is -1.72. The highest BCUT2D eigenvalue weighted by molar-refractivity contribution is 5.27. The fourth-order valence-electron chi connectivity index (χ4n) is 0.668. The highest BCUT2D eigenvalue weighted by Gasteiger charge is 2.07. The van der Waals surface area contributed by atoms with E-state index in [4.69, 9.17) is 10.2 Å². The van der Waals surface area contributed by atoms with Gasteiger partial charge in [-0.15, -0.1) is 14.6 Å². The molecule has 0 aromatic carbocycles. The summed E-state index contributed by atoms with van der Waals surface area (Å²) in [5.74, 6) is -0.127. The van der Waals surface area contributed by atoms with Crippen molar-refractivity contribution in [3.63, 3.8) is 0 Å². The van der Waals surface area contributed by atoms with Gasteiger partial charge in [0.25, 0.3) is 5.88 Å². The summed E-state index contributed by atoms with van der Waals surface area (Å²) in [6.45, 7) is 0. The number of fused-ring (bicyclic) bond motifs is 1. The van der Waals surface area contributed by atoms with Crippen molar-refractivity contribution in [2.45, 2.75) is 0 Å². The van der Waals surface area contributed by atoms with Crippen LogP contribution < -0.4 is 0 Å². The first kappa shape index (κ1) is 5.10. The Morgan fingerprint density at radius 3 is 3.00 bits per heavy atom. The maximum absolute atomic E-state index is 8.88. The van der Waals surface area contributed by atoms with Crippen LogP contribution in [0.3, 0.4) is 0 Å². The monoisotopic (exact) mass is 141 g/mol. The fraction of sp³-hybridized carbons (Fsp3) is 0. The van der Waals surface area contributed by atoms with E-state index in [1.807, 2.05) is 0 Å². The van der Waals surface area contributed by atoms with E-state index >= 15 is 0 Å². The number of hydrogen-bond donors (Lipinski definition) is 2. The Kier molecular flexibility index (Phi) is 0.717. The minimum atomic E-state index is -0.422. The molecule has 0 aliphatic rings. The zero-order valence-corrected chi connectivity index (χ0v) is 4.72. The molecular formula is C4H3N3O3. The van der Waals surface area contributed by atoms with Gasteiger partial charge >= 0.3 is 11.9 Å². The van der Waals surface area contributed by atoms with E-state index < -0.39 is 6.01 Å². The lowest BCUT2D eigenvalue weighted by atomic mass is 10.9. The van der Waals surface area contributed by atoms with Gasteiger partial charge < -0.3 is 14.6 Å². The maximum Gasteiger partial charge on any atom is 0.336 e. The summed E-state index contributed by atoms with van der Waals surface area (Å²) < 4.78 is 5.63. The van der Waals surface area contributed by atoms with Crippen molar-refractivity contribution in [1.82, 2.24) is 14.6 Å². The molecule has 0 bridgehead atoms. The van der Waals surface area contributed by atoms with Crippen molar-refractivity contribution in [3.05, 3.63) is 6.26 Å². The van der Waals surface area contributed by atoms with E-state index in [1.54, 1.807) is 0 Å². The van der Waals surface area contributed by atoms with Crippen molar-refractivity contribution in [2.24, 2.45) is 0 Å². The largest absolute Gasteiger partial charge is 0.491 e. The average Bonchev–Trinajstić information content (AvgIpc) is 2.35. The summed E-state index contributed by atoms with van der Waals surface area (Å²) in [6, 6.07) is -0.422. The van der Waals surface area contributed by atoms with E-state index in [1.165, 1.54) is 0 Å². The van der Waals surface area contributed by atoms with Crippen molar-refractivity contribution >= 4 is 5.84 Å². The van der Waals surface area contributed by atoms with Crippen LogP contribution in [-0.4, -0.2) is 24.8 Å². The predicted molar refractivity (Wildman–Crippen MR) is 28.6 cm³/mol. The number of hydrogen-bond acceptors (Lipinski definition) is 5. The van der Waals surface area contributed by atoms with Crippen LogP contribution in [0.15, 0.2) is 10.7 Å². The van der Waals surface area contributed by atoms with E-state index in [0.29, 0.717) is 0 Å². The number of aromatic nitrogens is 3. The first-order chi connectivity index (χ1) is 4.77. The normalized spacial score (nSPS) is 10.8. The van der Waals surface area contributed by atoms with Gasteiger partial charge in [-0.05, 0) is 0 Å². The third-order valence-corrected chi connectivity index (χ3v) is 1.05. The zero-order valence-electron chi connectivity index (χ0n) is 4.72. The number of rotatable bonds is 0. The lowest BCUT2D eigenvalue weighted by Gasteiger charge is -1.77. The summed E-state index contributed by atoms with van der Waals surface area (Å²) in [6.07, 6.45) is 1.08. The molecule has 0 spiro atoms. The lowest BCUT2D eigenvalue weighted by molar-refractivity contribution is 0.408. The minimum Gasteiger partial charge on any atom is -0.491 e. The quantitative estimate of drug-likeness (QED) is 0.527. The van der Waals surface area contributed by atoms with Gasteiger partial charge in [-0.3, -0.25) is 0 Å². The van der Waals surface area contributed by atoms with Crippen molar-refractivity contribution in [2.75, 3.05) is 0 Å². The molecule has 2 N–H and O–H groups in total. The molecule has 6 heteroatoms. The van der Waals surface area contributed by atoms with E-state index in [0.717, 1.165) is 10.8 Å². The molecule has 0 amide bonds. The molecule has 0 atom stereocenters. The fourth-order valence-corrected chi connectivity index (χ4v) is 0.668. The van der Waals surface area contributed by atoms with Crippen molar-refractivity contribution < 1.29 is 14.6 Å². The van der Waals surface area contributed by atoms with E-state index in [2.05, 4.69) is 14.5 Å². The summed E-state index contributed by atoms with van der Waals surface area (Å²) in [7, 11) is 0. The average molecular weight is 141 g/mol. The topological polar surface area (TPSA) is 83.8 Å². The second-order valence-electron chi connectivity index (χ2n) is 1.70. The number of aromatic hydroxyl groups is 2. The number of oxazole rings is 1. The summed E-state index contributed by atoms with van der Waals surface area (Å²) in [5, 5.41) is 20.9. The molecule has 0 fully saturated rings. The Morgan fingerprint density at radius 1 is 1.50 bits per heavy atom. The van der Waals surface area contributed by atoms with Crippen LogP contribution in [0.4, 0.5) is 0 Å². The first-order valence-electron chi connectivity index (χ1n) is 2.49. The molecule has 0 saturated heterocycles. The van der Waals surface area contributed by atoms with Gasteiger partial charge in [0, 0.05) is 0 Å². The second kappa shape index (κ2) is 1.41. The van der Waals surface area contributed by atoms with Crippen LogP contribution in [0.1, 0.15) is 0 Å². The van der Waals surface area contributed by atoms with E-state index in [9.17, 15) is 0 Å². The molecule has 6 nitrogen and oxygen atoms in total. The van der Waals surface area contributed by atoms with Crippen molar-refractivity contribution in [1.29, 1.82) is 0 Å². The van der Waals surface area contributed by atoms with Gasteiger partial charge in [0.05, 0.1) is 0 Å². The van der Waals surface area contributed by atoms with Gasteiger partial charge in [-0.2, -0.15) is 0 Å². The van der Waals surface area contributed by atoms with Crippen LogP contribution in [0, 0.1) is 0 Å². The standard InChI is InChI=1S/C4H3N3O3/c8-2-1-10-4-5-3(9)6-7(2)4/h1,8H,(H,6,9). The van der Waals surface area contributed by atoms with Crippen LogP contribution >= 0.6 is 0 Å². The van der Waals surface area contributed by atoms with Crippen LogP contribution in [-0.2, 0) is 0 Å². The minimum absolute atomic E-state index is 0.0648. The molecular weight excluding hydrogens is 138 g/mol. The summed E-state index contributed by atoms with van der Waals surface area (Å²) in [5.41, 5.74) is 0. The van der Waals surface area contributed by atoms with Crippen LogP contribution in [0.25, 0.3) is 5.84 Å². The van der Waals surface area contributed by atoms with Crippen LogP contribution in [0.2, 0.25) is 0 Å². The number of nitrogens with zero attached hydrogens (tertiary/aromatic N) is 3. The van der Waals surface area contributed by atoms with Crippen molar-refractivity contribution in [3.8, 4) is 11.9 Å². The molecule has 10 heavy (non-hydrogen) atoms. The molecule has 2 aromatic rings. The molecule has 0 aliphatic heterocycles. The van der Waals surface area contributed by atoms with Gasteiger partial charge in [-0.1, -0.05) is 0 Å². The molecule has 0 saturated carbocycles. The third kappa shape index (κ3) is 0.471. The third-order valence-electron chi connectivity index (χ3n) is 1.05. The summed E-state index contributed by atoms with van der Waals surface area (Å²) in [4.78, 5) is 3.41. The first-order valence-corrected chi connectivity index (χ1v) is 2.49. The molecule has 0 radical (unpaired) electrons. The predicted octanol–water partition coefficient (Wildman–Crippen LogP) is -0.267. The Labute approximate surface area is 54.3 Å². The second-order valence-corrected chi connectivity index (χ2v) is 1.70. The zero-order chi connectivity index (χ0) is 7.14.